The Morgan fingerprint density at radius 2 is 1.49 bits per heavy atom. The number of hydrogen-bond acceptors (Lipinski definition) is 6. The maximum Gasteiger partial charge on any atom is 0.317 e. The third-order valence-electron chi connectivity index (χ3n) is 5.55. The van der Waals surface area contributed by atoms with E-state index < -0.39 is 11.9 Å². The molecule has 0 bridgehead atoms. The molecule has 0 saturated heterocycles. The van der Waals surface area contributed by atoms with Gasteiger partial charge in [-0.05, 0) is 71.5 Å². The van der Waals surface area contributed by atoms with Gasteiger partial charge in [0.2, 0.25) is 0 Å². The van der Waals surface area contributed by atoms with Crippen molar-refractivity contribution >= 4 is 23.3 Å². The summed E-state index contributed by atoms with van der Waals surface area (Å²) in [5.74, 6) is -2.07. The number of phenols is 1. The Kier molecular flexibility index (Phi) is 8.35. The fourth-order valence-corrected chi connectivity index (χ4v) is 3.97. The molecule has 0 heterocycles. The Hall–Kier alpha value is -4.01. The molecule has 8 nitrogen and oxygen atoms in total. The quantitative estimate of drug-likeness (QED) is 0.353. The number of aromatic hydroxyl groups is 1. The highest BCUT2D eigenvalue weighted by Gasteiger charge is 2.21. The van der Waals surface area contributed by atoms with Gasteiger partial charge in [-0.3, -0.25) is 14.4 Å². The van der Waals surface area contributed by atoms with Crippen LogP contribution >= 0.6 is 0 Å². The van der Waals surface area contributed by atoms with Gasteiger partial charge in [0.15, 0.2) is 5.78 Å². The van der Waals surface area contributed by atoms with Crippen molar-refractivity contribution in [3.8, 4) is 5.75 Å². The highest BCUT2D eigenvalue weighted by molar-refractivity contribution is 6.11. The minimum absolute atomic E-state index is 0.0868. The molecule has 182 valence electrons. The fourth-order valence-electron chi connectivity index (χ4n) is 3.97. The highest BCUT2D eigenvalue weighted by atomic mass is 16.4. The van der Waals surface area contributed by atoms with Crippen LogP contribution in [0, 0.1) is 6.92 Å². The van der Waals surface area contributed by atoms with Gasteiger partial charge >= 0.3 is 11.9 Å². The Morgan fingerprint density at radius 1 is 0.857 bits per heavy atom. The molecule has 5 N–H and O–H groups in total. The van der Waals surface area contributed by atoms with E-state index in [-0.39, 0.29) is 37.7 Å². The molecule has 8 heteroatoms. The number of carboxylic acids is 2. The molecule has 0 fully saturated rings. The zero-order valence-corrected chi connectivity index (χ0v) is 19.6. The average molecular weight is 477 g/mol. The number of hydrogen-bond donors (Lipinski definition) is 5. The van der Waals surface area contributed by atoms with Crippen molar-refractivity contribution in [3.05, 3.63) is 93.6 Å². The second-order valence-corrected chi connectivity index (χ2v) is 8.32. The van der Waals surface area contributed by atoms with Crippen molar-refractivity contribution in [2.75, 3.05) is 19.6 Å². The first-order chi connectivity index (χ1) is 16.7. The summed E-state index contributed by atoms with van der Waals surface area (Å²) in [6, 6.07) is 13.3. The molecule has 2 aromatic rings. The van der Waals surface area contributed by atoms with E-state index in [1.165, 1.54) is 0 Å². The lowest BCUT2D eigenvalue weighted by Gasteiger charge is -2.20. The number of phenolic OH excluding ortho intramolecular Hbond substituents is 1. The number of carboxylic acid groups (broad SMARTS) is 2. The second-order valence-electron chi connectivity index (χ2n) is 8.32. The predicted octanol–water partition coefficient (Wildman–Crippen LogP) is 2.81. The number of allylic oxidation sites excluding steroid dienone is 4. The van der Waals surface area contributed by atoms with Crippen LogP contribution in [0.2, 0.25) is 0 Å². The van der Waals surface area contributed by atoms with Crippen LogP contribution in [-0.2, 0) is 20.9 Å². The number of carbonyl (C=O) groups is 3. The van der Waals surface area contributed by atoms with Crippen LogP contribution in [0.5, 0.6) is 5.75 Å². The van der Waals surface area contributed by atoms with Crippen LogP contribution < -0.4 is 10.6 Å². The second kappa shape index (κ2) is 11.4. The summed E-state index contributed by atoms with van der Waals surface area (Å²) in [7, 11) is 0. The van der Waals surface area contributed by atoms with Crippen molar-refractivity contribution in [3.63, 3.8) is 0 Å². The molecule has 35 heavy (non-hydrogen) atoms. The first-order valence-electron chi connectivity index (χ1n) is 11.1. The molecule has 0 aromatic heterocycles. The first-order valence-corrected chi connectivity index (χ1v) is 11.1. The summed E-state index contributed by atoms with van der Waals surface area (Å²) in [6.45, 7) is 3.27. The number of carbonyl (C=O) groups excluding carboxylic acids is 1. The number of aryl methyl sites for hydroxylation is 1. The van der Waals surface area contributed by atoms with Crippen LogP contribution in [0.3, 0.4) is 0 Å². The van der Waals surface area contributed by atoms with E-state index in [1.54, 1.807) is 26.0 Å². The topological polar surface area (TPSA) is 136 Å². The lowest BCUT2D eigenvalue weighted by atomic mass is 9.85. The molecule has 2 aromatic carbocycles. The summed E-state index contributed by atoms with van der Waals surface area (Å²) >= 11 is 0. The van der Waals surface area contributed by atoms with Crippen LogP contribution in [0.1, 0.15) is 29.2 Å². The van der Waals surface area contributed by atoms with E-state index in [9.17, 15) is 19.5 Å². The van der Waals surface area contributed by atoms with Crippen LogP contribution in [0.15, 0.2) is 71.3 Å². The monoisotopic (exact) mass is 476 g/mol. The number of Topliss-reactive ketones (excluding diaryl/α,β-unsaturated/α-hetero) is 1. The first kappa shape index (κ1) is 25.6. The zero-order valence-electron chi connectivity index (χ0n) is 19.6. The Balaban J connectivity index is 2.15. The third-order valence-corrected chi connectivity index (χ3v) is 5.55. The predicted molar refractivity (Wildman–Crippen MR) is 132 cm³/mol. The number of benzene rings is 2. The molecule has 0 saturated carbocycles. The summed E-state index contributed by atoms with van der Waals surface area (Å²) < 4.78 is 0. The summed E-state index contributed by atoms with van der Waals surface area (Å²) in [6.07, 6.45) is 3.56. The smallest absolute Gasteiger partial charge is 0.317 e. The van der Waals surface area contributed by atoms with E-state index in [2.05, 4.69) is 10.6 Å². The molecule has 0 atom stereocenters. The lowest BCUT2D eigenvalue weighted by Crippen LogP contribution is -2.28. The van der Waals surface area contributed by atoms with Crippen LogP contribution in [0.4, 0.5) is 0 Å². The SMILES string of the molecule is CC1=CC(=C(c2ccccc2)c2cc(C)c(O)c(CNCC(=O)O)c2)C=C(CNCC(=O)O)C1=O. The van der Waals surface area contributed by atoms with Gasteiger partial charge in [-0.1, -0.05) is 30.3 Å². The summed E-state index contributed by atoms with van der Waals surface area (Å²) in [5, 5.41) is 34.0. The standard InChI is InChI=1S/C27H28N2O6/c1-16-8-19(10-21(26(16)34)12-28-14-23(30)31)25(18-6-4-3-5-7-18)20-9-17(2)27(35)22(11-20)13-29-15-24(32)33/h3-11,28-29,34H,12-15H2,1-2H3,(H,30,31)(H,32,33). The summed E-state index contributed by atoms with van der Waals surface area (Å²) in [4.78, 5) is 34.5. The van der Waals surface area contributed by atoms with E-state index in [1.807, 2.05) is 42.5 Å². The number of aliphatic carboxylic acids is 2. The van der Waals surface area contributed by atoms with Crippen LogP contribution in [0.25, 0.3) is 5.57 Å². The van der Waals surface area contributed by atoms with Gasteiger partial charge in [0.25, 0.3) is 0 Å². The number of nitrogens with one attached hydrogen (secondary N) is 2. The van der Waals surface area contributed by atoms with Crippen LogP contribution in [-0.4, -0.2) is 52.7 Å². The fraction of sp³-hybridized carbons (Fsp3) is 0.222. The summed E-state index contributed by atoms with van der Waals surface area (Å²) in [5.41, 5.74) is 5.45. The van der Waals surface area contributed by atoms with Crippen molar-refractivity contribution in [2.45, 2.75) is 20.4 Å². The average Bonchev–Trinajstić information content (AvgIpc) is 2.80. The van der Waals surface area contributed by atoms with E-state index in [4.69, 9.17) is 10.2 Å². The van der Waals surface area contributed by atoms with Gasteiger partial charge in [0, 0.05) is 24.2 Å². The molecular weight excluding hydrogens is 448 g/mol. The molecule has 1 aliphatic carbocycles. The molecule has 3 rings (SSSR count). The molecule has 0 unspecified atom stereocenters. The van der Waals surface area contributed by atoms with Gasteiger partial charge < -0.3 is 26.0 Å². The minimum atomic E-state index is -1.01. The largest absolute Gasteiger partial charge is 0.507 e. The zero-order chi connectivity index (χ0) is 25.5. The van der Waals surface area contributed by atoms with E-state index in [0.717, 1.165) is 22.3 Å². The maximum atomic E-state index is 12.7. The Labute approximate surface area is 203 Å². The Bertz CT molecular complexity index is 1240. The number of rotatable bonds is 10. The van der Waals surface area contributed by atoms with E-state index >= 15 is 0 Å². The van der Waals surface area contributed by atoms with Crippen molar-refractivity contribution in [1.82, 2.24) is 10.6 Å². The molecule has 0 radical (unpaired) electrons. The maximum absolute atomic E-state index is 12.7. The third kappa shape index (κ3) is 6.53. The van der Waals surface area contributed by atoms with Crippen molar-refractivity contribution in [2.24, 2.45) is 0 Å². The normalized spacial score (nSPS) is 14.9. The molecule has 0 aliphatic heterocycles. The molecular formula is C27H28N2O6. The van der Waals surface area contributed by atoms with Gasteiger partial charge in [0.05, 0.1) is 13.1 Å². The molecule has 0 spiro atoms. The van der Waals surface area contributed by atoms with Gasteiger partial charge in [-0.2, -0.15) is 0 Å². The van der Waals surface area contributed by atoms with Gasteiger partial charge in [0.1, 0.15) is 5.75 Å². The Morgan fingerprint density at radius 3 is 2.11 bits per heavy atom. The highest BCUT2D eigenvalue weighted by Crippen LogP contribution is 2.35. The molecule has 1 aliphatic rings. The lowest BCUT2D eigenvalue weighted by molar-refractivity contribution is -0.137. The molecule has 0 amide bonds. The van der Waals surface area contributed by atoms with Crippen molar-refractivity contribution < 1.29 is 29.7 Å². The minimum Gasteiger partial charge on any atom is -0.507 e. The van der Waals surface area contributed by atoms with E-state index in [0.29, 0.717) is 22.3 Å². The van der Waals surface area contributed by atoms with Gasteiger partial charge in [-0.15, -0.1) is 0 Å². The number of ketones is 1. The van der Waals surface area contributed by atoms with Gasteiger partial charge in [-0.25, -0.2) is 0 Å². The van der Waals surface area contributed by atoms with Crippen molar-refractivity contribution in [1.29, 1.82) is 0 Å².